The quantitative estimate of drug-likeness (QED) is 0.219. The van der Waals surface area contributed by atoms with E-state index >= 15 is 0 Å². The second kappa shape index (κ2) is 11.7. The van der Waals surface area contributed by atoms with Crippen LogP contribution in [-0.2, 0) is 6.54 Å². The van der Waals surface area contributed by atoms with Gasteiger partial charge in [0.15, 0.2) is 5.69 Å². The van der Waals surface area contributed by atoms with Crippen LogP contribution in [0.25, 0.3) is 5.69 Å². The summed E-state index contributed by atoms with van der Waals surface area (Å²) in [6.45, 7) is 4.31. The molecule has 7 heteroatoms. The largest absolute Gasteiger partial charge is 0.369 e. The number of nitrogens with zero attached hydrogens (tertiary/aromatic N) is 4. The smallest absolute Gasteiger partial charge is 0.214 e. The average Bonchev–Trinajstić information content (AvgIpc) is 3.26. The molecule has 1 aromatic heterocycles. The molecule has 1 heterocycles. The Morgan fingerprint density at radius 1 is 1.06 bits per heavy atom. The summed E-state index contributed by atoms with van der Waals surface area (Å²) in [6.07, 6.45) is 0.848. The van der Waals surface area contributed by atoms with Crippen LogP contribution >= 0.6 is 11.6 Å². The van der Waals surface area contributed by atoms with Crippen LogP contribution < -0.4 is 5.32 Å². The van der Waals surface area contributed by atoms with Crippen molar-refractivity contribution in [2.45, 2.75) is 19.9 Å². The molecule has 0 fully saturated rings. The first-order valence-corrected chi connectivity index (χ1v) is 12.2. The fourth-order valence-electron chi connectivity index (χ4n) is 3.99. The van der Waals surface area contributed by atoms with Crippen LogP contribution in [0.3, 0.4) is 0 Å². The molecule has 0 unspecified atom stereocenters. The summed E-state index contributed by atoms with van der Waals surface area (Å²) in [7, 11) is 2.09. The van der Waals surface area contributed by atoms with Gasteiger partial charge in [0, 0.05) is 23.7 Å². The van der Waals surface area contributed by atoms with E-state index in [2.05, 4.69) is 40.6 Å². The lowest BCUT2D eigenvalue weighted by Crippen LogP contribution is -2.21. The van der Waals surface area contributed by atoms with Crippen LogP contribution in [0.4, 0.5) is 5.82 Å². The summed E-state index contributed by atoms with van der Waals surface area (Å²) in [6, 6.07) is 27.0. The van der Waals surface area contributed by atoms with Gasteiger partial charge in [-0.15, -0.1) is 0 Å². The Hall–Kier alpha value is -3.92. The minimum absolute atomic E-state index is 0.125. The lowest BCUT2D eigenvalue weighted by Gasteiger charge is -2.17. The van der Waals surface area contributed by atoms with E-state index in [0.29, 0.717) is 28.6 Å². The van der Waals surface area contributed by atoms with Crippen LogP contribution in [0.5, 0.6) is 0 Å². The third-order valence-electron chi connectivity index (χ3n) is 5.90. The van der Waals surface area contributed by atoms with Gasteiger partial charge in [-0.2, -0.15) is 10.4 Å². The van der Waals surface area contributed by atoms with Gasteiger partial charge in [-0.25, -0.2) is 4.68 Å². The van der Waals surface area contributed by atoms with Gasteiger partial charge < -0.3 is 10.2 Å². The van der Waals surface area contributed by atoms with E-state index in [1.807, 2.05) is 49.4 Å². The molecule has 0 aliphatic heterocycles. The van der Waals surface area contributed by atoms with Crippen molar-refractivity contribution in [2.75, 3.05) is 25.5 Å². The Labute approximate surface area is 216 Å². The second-order valence-corrected chi connectivity index (χ2v) is 9.21. The first kappa shape index (κ1) is 25.2. The first-order valence-electron chi connectivity index (χ1n) is 11.8. The second-order valence-electron chi connectivity index (χ2n) is 8.77. The maximum absolute atomic E-state index is 13.3. The van der Waals surface area contributed by atoms with Gasteiger partial charge >= 0.3 is 0 Å². The summed E-state index contributed by atoms with van der Waals surface area (Å²) < 4.78 is 1.62. The molecule has 0 radical (unpaired) electrons. The van der Waals surface area contributed by atoms with Crippen LogP contribution in [0, 0.1) is 18.3 Å². The van der Waals surface area contributed by atoms with E-state index in [0.717, 1.165) is 25.1 Å². The maximum atomic E-state index is 13.3. The molecule has 182 valence electrons. The number of anilines is 1. The monoisotopic (exact) mass is 497 g/mol. The molecule has 4 aromatic rings. The number of nitriles is 1. The van der Waals surface area contributed by atoms with Crippen molar-refractivity contribution in [2.24, 2.45) is 0 Å². The van der Waals surface area contributed by atoms with Crippen molar-refractivity contribution < 1.29 is 4.79 Å². The number of nitrogens with one attached hydrogen (secondary N) is 1. The molecule has 0 atom stereocenters. The first-order chi connectivity index (χ1) is 17.5. The van der Waals surface area contributed by atoms with E-state index in [-0.39, 0.29) is 17.0 Å². The van der Waals surface area contributed by atoms with Gasteiger partial charge in [-0.1, -0.05) is 71.8 Å². The van der Waals surface area contributed by atoms with Crippen molar-refractivity contribution in [1.82, 2.24) is 14.7 Å². The standard InChI is InChI=1S/C29H28ClN5O/c1-21-9-11-23(12-10-21)28(36)27-26(19-31)29(35(33-27)25-15-13-24(30)14-16-25)32-17-6-18-34(2)20-22-7-4-3-5-8-22/h3-5,7-16,32H,6,17-18,20H2,1-2H3. The molecule has 6 nitrogen and oxygen atoms in total. The maximum Gasteiger partial charge on any atom is 0.214 e. The van der Waals surface area contributed by atoms with Crippen molar-refractivity contribution in [1.29, 1.82) is 5.26 Å². The summed E-state index contributed by atoms with van der Waals surface area (Å²) >= 11 is 6.08. The van der Waals surface area contributed by atoms with Gasteiger partial charge in [0.25, 0.3) is 0 Å². The van der Waals surface area contributed by atoms with Crippen LogP contribution in [0.2, 0.25) is 5.02 Å². The summed E-state index contributed by atoms with van der Waals surface area (Å²) in [5.41, 5.74) is 3.88. The number of hydrogen-bond acceptors (Lipinski definition) is 5. The lowest BCUT2D eigenvalue weighted by molar-refractivity contribution is 0.103. The number of aryl methyl sites for hydroxylation is 1. The highest BCUT2D eigenvalue weighted by Gasteiger charge is 2.25. The molecule has 0 amide bonds. The van der Waals surface area contributed by atoms with Gasteiger partial charge in [-0.05, 0) is 56.8 Å². The lowest BCUT2D eigenvalue weighted by atomic mass is 10.0. The molecule has 0 bridgehead atoms. The van der Waals surface area contributed by atoms with Crippen LogP contribution in [0.15, 0.2) is 78.9 Å². The molecule has 36 heavy (non-hydrogen) atoms. The van der Waals surface area contributed by atoms with Crippen LogP contribution in [-0.4, -0.2) is 40.6 Å². The highest BCUT2D eigenvalue weighted by atomic mass is 35.5. The molecule has 3 aromatic carbocycles. The number of halogens is 1. The van der Waals surface area contributed by atoms with Crippen molar-refractivity contribution in [3.63, 3.8) is 0 Å². The van der Waals surface area contributed by atoms with E-state index < -0.39 is 0 Å². The molecular formula is C29H28ClN5O. The number of ketones is 1. The number of carbonyl (C=O) groups excluding carboxylic acids is 1. The van der Waals surface area contributed by atoms with Crippen LogP contribution in [0.1, 0.15) is 39.2 Å². The Morgan fingerprint density at radius 3 is 2.42 bits per heavy atom. The van der Waals surface area contributed by atoms with Gasteiger partial charge in [0.2, 0.25) is 5.78 Å². The number of rotatable bonds is 10. The summed E-state index contributed by atoms with van der Waals surface area (Å²) in [4.78, 5) is 15.6. The molecule has 0 aliphatic rings. The number of benzene rings is 3. The van der Waals surface area contributed by atoms with E-state index in [4.69, 9.17) is 11.6 Å². The van der Waals surface area contributed by atoms with Gasteiger partial charge in [0.1, 0.15) is 17.5 Å². The molecule has 1 N–H and O–H groups in total. The number of carbonyl (C=O) groups is 1. The topological polar surface area (TPSA) is 74.0 Å². The van der Waals surface area contributed by atoms with E-state index in [9.17, 15) is 10.1 Å². The number of aromatic nitrogens is 2. The summed E-state index contributed by atoms with van der Waals surface area (Å²) in [5, 5.41) is 18.6. The molecule has 0 saturated carbocycles. The van der Waals surface area contributed by atoms with Crippen molar-refractivity contribution in [3.05, 3.63) is 112 Å². The highest BCUT2D eigenvalue weighted by Crippen LogP contribution is 2.26. The molecule has 0 aliphatic carbocycles. The van der Waals surface area contributed by atoms with Crippen molar-refractivity contribution >= 4 is 23.2 Å². The zero-order chi connectivity index (χ0) is 25.5. The predicted molar refractivity (Wildman–Crippen MR) is 144 cm³/mol. The molecular weight excluding hydrogens is 470 g/mol. The molecule has 0 saturated heterocycles. The minimum Gasteiger partial charge on any atom is -0.369 e. The Bertz CT molecular complexity index is 1360. The van der Waals surface area contributed by atoms with E-state index in [1.54, 1.807) is 28.9 Å². The van der Waals surface area contributed by atoms with Gasteiger partial charge in [0.05, 0.1) is 5.69 Å². The third-order valence-corrected chi connectivity index (χ3v) is 6.15. The Kier molecular flexibility index (Phi) is 8.17. The third kappa shape index (κ3) is 6.01. The SMILES string of the molecule is Cc1ccc(C(=O)c2nn(-c3ccc(Cl)cc3)c(NCCCN(C)Cc3ccccc3)c2C#N)cc1. The zero-order valence-corrected chi connectivity index (χ0v) is 21.2. The average molecular weight is 498 g/mol. The van der Waals surface area contributed by atoms with Crippen molar-refractivity contribution in [3.8, 4) is 11.8 Å². The zero-order valence-electron chi connectivity index (χ0n) is 20.4. The normalized spacial score (nSPS) is 10.9. The summed E-state index contributed by atoms with van der Waals surface area (Å²) in [5.74, 6) is 0.214. The number of hydrogen-bond donors (Lipinski definition) is 1. The van der Waals surface area contributed by atoms with E-state index in [1.165, 1.54) is 5.56 Å². The Morgan fingerprint density at radius 2 is 1.75 bits per heavy atom. The molecule has 0 spiro atoms. The highest BCUT2D eigenvalue weighted by molar-refractivity contribution is 6.30. The fraction of sp³-hybridized carbons (Fsp3) is 0.207. The fourth-order valence-corrected chi connectivity index (χ4v) is 4.11. The predicted octanol–water partition coefficient (Wildman–Crippen LogP) is 5.87. The minimum atomic E-state index is -0.287. The molecule has 4 rings (SSSR count). The van der Waals surface area contributed by atoms with Gasteiger partial charge in [-0.3, -0.25) is 4.79 Å². The Balaban J connectivity index is 1.55.